The Hall–Kier alpha value is -1.54. The van der Waals surface area contributed by atoms with Crippen LogP contribution in [0.2, 0.25) is 10.0 Å². The van der Waals surface area contributed by atoms with Gasteiger partial charge in [0.05, 0.1) is 26.4 Å². The molecule has 0 saturated heterocycles. The van der Waals surface area contributed by atoms with Crippen molar-refractivity contribution >= 4 is 73.9 Å². The maximum Gasteiger partial charge on any atom is 0.237 e. The summed E-state index contributed by atoms with van der Waals surface area (Å²) in [5.74, 6) is 0.213. The highest BCUT2D eigenvalue weighted by Crippen LogP contribution is 2.34. The number of rotatable bonds is 4. The number of benzene rings is 1. The van der Waals surface area contributed by atoms with E-state index in [9.17, 15) is 4.79 Å². The van der Waals surface area contributed by atoms with Gasteiger partial charge in [0.25, 0.3) is 0 Å². The summed E-state index contributed by atoms with van der Waals surface area (Å²) in [4.78, 5) is 23.3. The molecule has 0 saturated carbocycles. The van der Waals surface area contributed by atoms with Crippen molar-refractivity contribution in [3.8, 4) is 0 Å². The zero-order valence-electron chi connectivity index (χ0n) is 14.3. The van der Waals surface area contributed by atoms with Crippen LogP contribution in [0.3, 0.4) is 0 Å². The SMILES string of the molecule is Cc1sc2nc(SC(C)C(=O)Nc3cccc(Cl)c3Cl)nc(N)c2c1C. The van der Waals surface area contributed by atoms with Crippen molar-refractivity contribution in [3.63, 3.8) is 0 Å². The Kier molecular flexibility index (Phi) is 5.62. The fraction of sp³-hybridized carbons (Fsp3) is 0.235. The molecule has 1 amide bonds. The van der Waals surface area contributed by atoms with E-state index in [1.807, 2.05) is 13.8 Å². The molecule has 0 fully saturated rings. The standard InChI is InChI=1S/C17H16Cl2N4OS2/c1-7-8(2)25-16-12(7)14(20)22-17(23-16)26-9(3)15(24)21-11-6-4-5-10(18)13(11)19/h4-6,9H,1-3H3,(H,21,24)(H2,20,22,23). The summed E-state index contributed by atoms with van der Waals surface area (Å²) in [6.45, 7) is 5.80. The number of amides is 1. The smallest absolute Gasteiger partial charge is 0.237 e. The van der Waals surface area contributed by atoms with Crippen molar-refractivity contribution in [1.29, 1.82) is 0 Å². The van der Waals surface area contributed by atoms with Crippen LogP contribution in [-0.4, -0.2) is 21.1 Å². The summed E-state index contributed by atoms with van der Waals surface area (Å²) in [7, 11) is 0. The molecule has 26 heavy (non-hydrogen) atoms. The number of nitrogen functional groups attached to an aromatic ring is 1. The van der Waals surface area contributed by atoms with Crippen LogP contribution in [0.1, 0.15) is 17.4 Å². The minimum absolute atomic E-state index is 0.222. The molecule has 0 radical (unpaired) electrons. The molecule has 3 N–H and O–H groups in total. The molecule has 0 bridgehead atoms. The Morgan fingerprint density at radius 1 is 1.31 bits per heavy atom. The Morgan fingerprint density at radius 3 is 2.77 bits per heavy atom. The summed E-state index contributed by atoms with van der Waals surface area (Å²) in [5.41, 5.74) is 7.66. The second-order valence-corrected chi connectivity index (χ2v) is 9.00. The van der Waals surface area contributed by atoms with Gasteiger partial charge < -0.3 is 11.1 Å². The highest BCUT2D eigenvalue weighted by Gasteiger charge is 2.20. The predicted molar refractivity (Wildman–Crippen MR) is 112 cm³/mol. The van der Waals surface area contributed by atoms with E-state index in [1.54, 1.807) is 36.5 Å². The van der Waals surface area contributed by atoms with Crippen LogP contribution in [-0.2, 0) is 4.79 Å². The van der Waals surface area contributed by atoms with Gasteiger partial charge in [0.2, 0.25) is 5.91 Å². The molecule has 5 nitrogen and oxygen atoms in total. The van der Waals surface area contributed by atoms with E-state index < -0.39 is 5.25 Å². The third-order valence-corrected chi connectivity index (χ3v) is 6.78. The lowest BCUT2D eigenvalue weighted by molar-refractivity contribution is -0.115. The Bertz CT molecular complexity index is 1010. The predicted octanol–water partition coefficient (Wildman–Crippen LogP) is 5.32. The molecular formula is C17H16Cl2N4OS2. The van der Waals surface area contributed by atoms with Crippen LogP contribution in [0.25, 0.3) is 10.2 Å². The molecule has 2 heterocycles. The maximum atomic E-state index is 12.5. The number of anilines is 2. The van der Waals surface area contributed by atoms with Crippen LogP contribution in [0, 0.1) is 13.8 Å². The fourth-order valence-corrected chi connectivity index (χ4v) is 4.58. The first-order chi connectivity index (χ1) is 12.3. The van der Waals surface area contributed by atoms with Gasteiger partial charge in [0.15, 0.2) is 5.16 Å². The quantitative estimate of drug-likeness (QED) is 0.435. The number of nitrogens with zero attached hydrogens (tertiary/aromatic N) is 2. The van der Waals surface area contributed by atoms with Crippen LogP contribution >= 0.6 is 46.3 Å². The summed E-state index contributed by atoms with van der Waals surface area (Å²) < 4.78 is 0. The van der Waals surface area contributed by atoms with Gasteiger partial charge in [0, 0.05) is 4.88 Å². The van der Waals surface area contributed by atoms with Crippen LogP contribution < -0.4 is 11.1 Å². The normalized spacial score (nSPS) is 12.3. The molecule has 136 valence electrons. The summed E-state index contributed by atoms with van der Waals surface area (Å²) in [6.07, 6.45) is 0. The third kappa shape index (κ3) is 3.76. The summed E-state index contributed by atoms with van der Waals surface area (Å²) >= 11 is 14.9. The number of aryl methyl sites for hydroxylation is 2. The highest BCUT2D eigenvalue weighted by molar-refractivity contribution is 8.00. The monoisotopic (exact) mass is 426 g/mol. The number of aromatic nitrogens is 2. The number of carbonyl (C=O) groups excluding carboxylic acids is 1. The lowest BCUT2D eigenvalue weighted by Crippen LogP contribution is -2.23. The first-order valence-electron chi connectivity index (χ1n) is 7.72. The van der Waals surface area contributed by atoms with Crippen molar-refractivity contribution in [2.45, 2.75) is 31.2 Å². The number of hydrogen-bond acceptors (Lipinski definition) is 6. The van der Waals surface area contributed by atoms with Gasteiger partial charge in [-0.15, -0.1) is 11.3 Å². The topological polar surface area (TPSA) is 80.9 Å². The molecule has 0 spiro atoms. The van der Waals surface area contributed by atoms with E-state index in [2.05, 4.69) is 15.3 Å². The number of fused-ring (bicyclic) bond motifs is 1. The molecule has 9 heteroatoms. The molecule has 1 unspecified atom stereocenters. The fourth-order valence-electron chi connectivity index (χ4n) is 2.36. The molecule has 1 atom stereocenters. The van der Waals surface area contributed by atoms with Crippen molar-refractivity contribution in [1.82, 2.24) is 9.97 Å². The molecule has 3 rings (SSSR count). The summed E-state index contributed by atoms with van der Waals surface area (Å²) in [6, 6.07) is 5.08. The van der Waals surface area contributed by atoms with Gasteiger partial charge in [-0.1, -0.05) is 41.0 Å². The molecule has 3 aromatic rings. The number of carbonyl (C=O) groups is 1. The van der Waals surface area contributed by atoms with Crippen molar-refractivity contribution < 1.29 is 4.79 Å². The lowest BCUT2D eigenvalue weighted by atomic mass is 10.2. The third-order valence-electron chi connectivity index (χ3n) is 3.90. The van der Waals surface area contributed by atoms with E-state index in [0.29, 0.717) is 26.7 Å². The second kappa shape index (κ2) is 7.60. The largest absolute Gasteiger partial charge is 0.383 e. The average molecular weight is 427 g/mol. The Labute approximate surface area is 169 Å². The van der Waals surface area contributed by atoms with Gasteiger partial charge in [-0.05, 0) is 38.5 Å². The van der Waals surface area contributed by atoms with Gasteiger partial charge in [-0.3, -0.25) is 4.79 Å². The van der Waals surface area contributed by atoms with Crippen molar-refractivity contribution in [2.24, 2.45) is 0 Å². The first kappa shape index (κ1) is 19.2. The molecule has 0 aliphatic heterocycles. The number of thiophene rings is 1. The second-order valence-electron chi connectivity index (χ2n) is 5.71. The van der Waals surface area contributed by atoms with Gasteiger partial charge in [0.1, 0.15) is 10.6 Å². The van der Waals surface area contributed by atoms with Crippen molar-refractivity contribution in [2.75, 3.05) is 11.1 Å². The van der Waals surface area contributed by atoms with Crippen LogP contribution in [0.4, 0.5) is 11.5 Å². The minimum Gasteiger partial charge on any atom is -0.383 e. The van der Waals surface area contributed by atoms with Crippen LogP contribution in [0.5, 0.6) is 0 Å². The highest BCUT2D eigenvalue weighted by atomic mass is 35.5. The zero-order chi connectivity index (χ0) is 19.0. The number of halogens is 2. The van der Waals surface area contributed by atoms with E-state index >= 15 is 0 Å². The van der Waals surface area contributed by atoms with Gasteiger partial charge >= 0.3 is 0 Å². The van der Waals surface area contributed by atoms with Crippen molar-refractivity contribution in [3.05, 3.63) is 38.7 Å². The lowest BCUT2D eigenvalue weighted by Gasteiger charge is -2.13. The zero-order valence-corrected chi connectivity index (χ0v) is 17.4. The minimum atomic E-state index is -0.441. The Morgan fingerprint density at radius 2 is 2.04 bits per heavy atom. The van der Waals surface area contributed by atoms with E-state index in [0.717, 1.165) is 20.7 Å². The molecule has 1 aromatic carbocycles. The maximum absolute atomic E-state index is 12.5. The van der Waals surface area contributed by atoms with E-state index in [4.69, 9.17) is 28.9 Å². The van der Waals surface area contributed by atoms with Crippen LogP contribution in [0.15, 0.2) is 23.4 Å². The molecule has 2 aromatic heterocycles. The molecule has 0 aliphatic rings. The van der Waals surface area contributed by atoms with E-state index in [-0.39, 0.29) is 5.91 Å². The number of hydrogen-bond donors (Lipinski definition) is 2. The number of thioether (sulfide) groups is 1. The van der Waals surface area contributed by atoms with Gasteiger partial charge in [-0.2, -0.15) is 0 Å². The molecular weight excluding hydrogens is 411 g/mol. The average Bonchev–Trinajstić information content (AvgIpc) is 2.86. The Balaban J connectivity index is 1.79. The summed E-state index contributed by atoms with van der Waals surface area (Å²) in [5, 5.41) is 4.39. The first-order valence-corrected chi connectivity index (χ1v) is 10.2. The molecule has 0 aliphatic carbocycles. The number of nitrogens with one attached hydrogen (secondary N) is 1. The van der Waals surface area contributed by atoms with E-state index in [1.165, 1.54) is 11.8 Å². The van der Waals surface area contributed by atoms with Gasteiger partial charge in [-0.25, -0.2) is 9.97 Å². The number of nitrogens with two attached hydrogens (primary N) is 1.